The maximum Gasteiger partial charge on any atom is 0.129 e. The van der Waals surface area contributed by atoms with E-state index in [0.29, 0.717) is 17.5 Å². The fourth-order valence-corrected chi connectivity index (χ4v) is 3.35. The lowest BCUT2D eigenvalue weighted by Gasteiger charge is -2.31. The third-order valence-corrected chi connectivity index (χ3v) is 4.52. The zero-order chi connectivity index (χ0) is 12.3. The summed E-state index contributed by atoms with van der Waals surface area (Å²) in [5.41, 5.74) is 6.79. The minimum atomic E-state index is -0.184. The van der Waals surface area contributed by atoms with Crippen molar-refractivity contribution in [3.8, 4) is 0 Å². The standard InChI is InChI=1S/C13H19FN2S/c1-2-12-9-16(5-6-17-12)8-10-3-4-11(15)7-13(10)14/h3-4,7,12H,2,5-6,8-9,15H2,1H3. The van der Waals surface area contributed by atoms with Crippen LogP contribution in [0.3, 0.4) is 0 Å². The Balaban J connectivity index is 2.00. The van der Waals surface area contributed by atoms with Gasteiger partial charge in [-0.15, -0.1) is 0 Å². The van der Waals surface area contributed by atoms with Gasteiger partial charge in [0.15, 0.2) is 0 Å². The Labute approximate surface area is 106 Å². The second kappa shape index (κ2) is 5.74. The zero-order valence-electron chi connectivity index (χ0n) is 10.2. The Morgan fingerprint density at radius 3 is 3.06 bits per heavy atom. The first-order chi connectivity index (χ1) is 8.19. The van der Waals surface area contributed by atoms with Crippen molar-refractivity contribution in [2.75, 3.05) is 24.6 Å². The fourth-order valence-electron chi connectivity index (χ4n) is 2.10. The van der Waals surface area contributed by atoms with Crippen LogP contribution >= 0.6 is 11.8 Å². The molecule has 1 aromatic rings. The van der Waals surface area contributed by atoms with Gasteiger partial charge < -0.3 is 5.73 Å². The number of nitrogen functional groups attached to an aromatic ring is 1. The number of thioether (sulfide) groups is 1. The van der Waals surface area contributed by atoms with Crippen molar-refractivity contribution in [2.45, 2.75) is 25.1 Å². The average molecular weight is 254 g/mol. The number of benzene rings is 1. The Kier molecular flexibility index (Phi) is 4.29. The highest BCUT2D eigenvalue weighted by Gasteiger charge is 2.19. The van der Waals surface area contributed by atoms with Crippen molar-refractivity contribution in [3.63, 3.8) is 0 Å². The highest BCUT2D eigenvalue weighted by atomic mass is 32.2. The molecule has 17 heavy (non-hydrogen) atoms. The van der Waals surface area contributed by atoms with E-state index < -0.39 is 0 Å². The van der Waals surface area contributed by atoms with E-state index in [1.807, 2.05) is 11.8 Å². The molecule has 2 N–H and O–H groups in total. The van der Waals surface area contributed by atoms with Crippen molar-refractivity contribution < 1.29 is 4.39 Å². The van der Waals surface area contributed by atoms with Crippen LogP contribution in [0.25, 0.3) is 0 Å². The van der Waals surface area contributed by atoms with Crippen molar-refractivity contribution in [1.82, 2.24) is 4.90 Å². The largest absolute Gasteiger partial charge is 0.399 e. The van der Waals surface area contributed by atoms with E-state index in [1.54, 1.807) is 12.1 Å². The number of rotatable bonds is 3. The number of hydrogen-bond acceptors (Lipinski definition) is 3. The van der Waals surface area contributed by atoms with Gasteiger partial charge in [-0.3, -0.25) is 4.90 Å². The molecular weight excluding hydrogens is 235 g/mol. The summed E-state index contributed by atoms with van der Waals surface area (Å²) in [6.45, 7) is 5.02. The molecule has 0 saturated carbocycles. The predicted molar refractivity (Wildman–Crippen MR) is 72.6 cm³/mol. The van der Waals surface area contributed by atoms with Gasteiger partial charge in [-0.2, -0.15) is 11.8 Å². The summed E-state index contributed by atoms with van der Waals surface area (Å²) in [5, 5.41) is 0.695. The Hall–Kier alpha value is -0.740. The molecule has 1 aliphatic rings. The Bertz CT molecular complexity index is 384. The van der Waals surface area contributed by atoms with Crippen LogP contribution in [0.4, 0.5) is 10.1 Å². The maximum absolute atomic E-state index is 13.7. The van der Waals surface area contributed by atoms with Crippen molar-refractivity contribution >= 4 is 17.4 Å². The Morgan fingerprint density at radius 1 is 1.53 bits per heavy atom. The van der Waals surface area contributed by atoms with Crippen LogP contribution < -0.4 is 5.73 Å². The van der Waals surface area contributed by atoms with Gasteiger partial charge in [0.2, 0.25) is 0 Å². The second-order valence-corrected chi connectivity index (χ2v) is 5.90. The van der Waals surface area contributed by atoms with E-state index in [2.05, 4.69) is 11.8 Å². The monoisotopic (exact) mass is 254 g/mol. The lowest BCUT2D eigenvalue weighted by Crippen LogP contribution is -2.37. The molecule has 1 aromatic carbocycles. The van der Waals surface area contributed by atoms with Crippen LogP contribution in [0.5, 0.6) is 0 Å². The summed E-state index contributed by atoms with van der Waals surface area (Å²) in [5.74, 6) is 0.964. The quantitative estimate of drug-likeness (QED) is 0.841. The minimum Gasteiger partial charge on any atom is -0.399 e. The molecule has 0 aromatic heterocycles. The van der Waals surface area contributed by atoms with Crippen molar-refractivity contribution in [3.05, 3.63) is 29.6 Å². The van der Waals surface area contributed by atoms with E-state index in [9.17, 15) is 4.39 Å². The molecule has 1 unspecified atom stereocenters. The lowest BCUT2D eigenvalue weighted by molar-refractivity contribution is 0.269. The smallest absolute Gasteiger partial charge is 0.129 e. The van der Waals surface area contributed by atoms with E-state index in [0.717, 1.165) is 24.4 Å². The lowest BCUT2D eigenvalue weighted by atomic mass is 10.1. The maximum atomic E-state index is 13.7. The summed E-state index contributed by atoms with van der Waals surface area (Å²) in [6, 6.07) is 4.98. The molecule has 4 heteroatoms. The fraction of sp³-hybridized carbons (Fsp3) is 0.538. The van der Waals surface area contributed by atoms with Gasteiger partial charge in [0.25, 0.3) is 0 Å². The topological polar surface area (TPSA) is 29.3 Å². The van der Waals surface area contributed by atoms with Crippen molar-refractivity contribution in [1.29, 1.82) is 0 Å². The van der Waals surface area contributed by atoms with Gasteiger partial charge in [-0.1, -0.05) is 13.0 Å². The third kappa shape index (κ3) is 3.36. The second-order valence-electron chi connectivity index (χ2n) is 4.49. The molecule has 0 aliphatic carbocycles. The predicted octanol–water partition coefficient (Wildman–Crippen LogP) is 2.74. The molecule has 2 rings (SSSR count). The summed E-state index contributed by atoms with van der Waals surface area (Å²) >= 11 is 2.03. The summed E-state index contributed by atoms with van der Waals surface area (Å²) in [7, 11) is 0. The number of nitrogens with zero attached hydrogens (tertiary/aromatic N) is 1. The van der Waals surface area contributed by atoms with Crippen LogP contribution in [0.2, 0.25) is 0 Å². The zero-order valence-corrected chi connectivity index (χ0v) is 11.0. The first-order valence-corrected chi connectivity index (χ1v) is 7.11. The van der Waals surface area contributed by atoms with E-state index in [4.69, 9.17) is 5.73 Å². The molecule has 94 valence electrons. The molecule has 1 aliphatic heterocycles. The molecule has 1 heterocycles. The normalized spacial score (nSPS) is 21.6. The van der Waals surface area contributed by atoms with Crippen LogP contribution in [-0.4, -0.2) is 29.0 Å². The van der Waals surface area contributed by atoms with Gasteiger partial charge in [0, 0.05) is 41.9 Å². The molecule has 0 radical (unpaired) electrons. The van der Waals surface area contributed by atoms with Gasteiger partial charge >= 0.3 is 0 Å². The molecule has 1 saturated heterocycles. The Morgan fingerprint density at radius 2 is 2.35 bits per heavy atom. The van der Waals surface area contributed by atoms with Crippen LogP contribution in [-0.2, 0) is 6.54 Å². The van der Waals surface area contributed by atoms with E-state index in [-0.39, 0.29) is 5.82 Å². The van der Waals surface area contributed by atoms with Gasteiger partial charge in [-0.25, -0.2) is 4.39 Å². The van der Waals surface area contributed by atoms with E-state index in [1.165, 1.54) is 12.5 Å². The summed E-state index contributed by atoms with van der Waals surface area (Å²) in [4.78, 5) is 2.33. The first kappa shape index (κ1) is 12.7. The molecule has 1 fully saturated rings. The SMILES string of the molecule is CCC1CN(Cc2ccc(N)cc2F)CCS1. The van der Waals surface area contributed by atoms with Crippen LogP contribution in [0, 0.1) is 5.82 Å². The molecule has 0 amide bonds. The van der Waals surface area contributed by atoms with Crippen LogP contribution in [0.1, 0.15) is 18.9 Å². The molecule has 2 nitrogen and oxygen atoms in total. The number of halogens is 1. The van der Waals surface area contributed by atoms with Gasteiger partial charge in [0.1, 0.15) is 5.82 Å². The van der Waals surface area contributed by atoms with Crippen molar-refractivity contribution in [2.24, 2.45) is 0 Å². The number of nitrogens with two attached hydrogens (primary N) is 1. The average Bonchev–Trinajstić information content (AvgIpc) is 2.33. The summed E-state index contributed by atoms with van der Waals surface area (Å²) < 4.78 is 13.7. The minimum absolute atomic E-state index is 0.184. The van der Waals surface area contributed by atoms with Crippen LogP contribution in [0.15, 0.2) is 18.2 Å². The molecule has 0 bridgehead atoms. The number of hydrogen-bond donors (Lipinski definition) is 1. The van der Waals surface area contributed by atoms with Gasteiger partial charge in [-0.05, 0) is 18.6 Å². The van der Waals surface area contributed by atoms with Gasteiger partial charge in [0.05, 0.1) is 0 Å². The molecular formula is C13H19FN2S. The third-order valence-electron chi connectivity index (χ3n) is 3.15. The summed E-state index contributed by atoms with van der Waals surface area (Å²) in [6.07, 6.45) is 1.19. The molecule has 1 atom stereocenters. The van der Waals surface area contributed by atoms with E-state index >= 15 is 0 Å². The molecule has 0 spiro atoms. The number of anilines is 1. The highest BCUT2D eigenvalue weighted by Crippen LogP contribution is 2.23. The first-order valence-electron chi connectivity index (χ1n) is 6.07. The highest BCUT2D eigenvalue weighted by molar-refractivity contribution is 8.00.